The van der Waals surface area contributed by atoms with Gasteiger partial charge in [0, 0.05) is 22.5 Å². The van der Waals surface area contributed by atoms with Crippen LogP contribution >= 0.6 is 11.6 Å². The predicted octanol–water partition coefficient (Wildman–Crippen LogP) is 5.49. The molecular weight excluding hydrogens is 348 g/mol. The molecule has 0 spiro atoms. The summed E-state index contributed by atoms with van der Waals surface area (Å²) < 4.78 is 5.83. The van der Waals surface area contributed by atoms with Crippen molar-refractivity contribution in [3.8, 4) is 6.07 Å². The zero-order chi connectivity index (χ0) is 18.8. The quantitative estimate of drug-likeness (QED) is 0.613. The van der Waals surface area contributed by atoms with Gasteiger partial charge >= 0.3 is 0 Å². The normalized spacial score (nSPS) is 12.0. The number of carbonyl (C=O) groups is 1. The van der Waals surface area contributed by atoms with Crippen molar-refractivity contribution in [2.24, 2.45) is 0 Å². The number of carbonyl (C=O) groups excluding carboxylic acids is 1. The van der Waals surface area contributed by atoms with E-state index < -0.39 is 0 Å². The summed E-state index contributed by atoms with van der Waals surface area (Å²) in [6.45, 7) is 6.32. The number of hydrogen-bond acceptors (Lipinski definition) is 3. The molecule has 0 saturated heterocycles. The molecule has 2 aromatic carbocycles. The fraction of sp³-hybridized carbons (Fsp3) is 0.238. The second-order valence-corrected chi connectivity index (χ2v) is 6.63. The van der Waals surface area contributed by atoms with Crippen molar-refractivity contribution in [2.45, 2.75) is 26.8 Å². The van der Waals surface area contributed by atoms with Crippen molar-refractivity contribution in [2.75, 3.05) is 6.54 Å². The van der Waals surface area contributed by atoms with Crippen molar-refractivity contribution in [3.05, 3.63) is 69.9 Å². The molecule has 0 radical (unpaired) electrons. The summed E-state index contributed by atoms with van der Waals surface area (Å²) in [6.07, 6.45) is 0. The molecular formula is C21H19ClN2O2. The fourth-order valence-corrected chi connectivity index (χ4v) is 3.31. The first kappa shape index (κ1) is 18.0. The molecule has 0 aliphatic heterocycles. The lowest BCUT2D eigenvalue weighted by Crippen LogP contribution is -2.33. The molecule has 1 unspecified atom stereocenters. The first-order valence-electron chi connectivity index (χ1n) is 8.46. The van der Waals surface area contributed by atoms with Crippen molar-refractivity contribution in [3.63, 3.8) is 0 Å². The van der Waals surface area contributed by atoms with Crippen LogP contribution in [0.5, 0.6) is 0 Å². The van der Waals surface area contributed by atoms with Gasteiger partial charge in [-0.15, -0.1) is 0 Å². The molecule has 5 heteroatoms. The van der Waals surface area contributed by atoms with Gasteiger partial charge in [0.2, 0.25) is 0 Å². The Bertz CT molecular complexity index is 999. The second-order valence-electron chi connectivity index (χ2n) is 6.20. The lowest BCUT2D eigenvalue weighted by atomic mass is 10.0. The number of rotatable bonds is 4. The van der Waals surface area contributed by atoms with Gasteiger partial charge in [-0.3, -0.25) is 4.79 Å². The minimum absolute atomic E-state index is 0.142. The predicted molar refractivity (Wildman–Crippen MR) is 102 cm³/mol. The zero-order valence-electron chi connectivity index (χ0n) is 14.9. The first-order chi connectivity index (χ1) is 12.5. The highest BCUT2D eigenvalue weighted by molar-refractivity contribution is 6.31. The van der Waals surface area contributed by atoms with Gasteiger partial charge in [-0.25, -0.2) is 0 Å². The van der Waals surface area contributed by atoms with Crippen molar-refractivity contribution < 1.29 is 9.21 Å². The third-order valence-electron chi connectivity index (χ3n) is 4.68. The van der Waals surface area contributed by atoms with Crippen LogP contribution in [0.15, 0.2) is 46.9 Å². The van der Waals surface area contributed by atoms with Crippen LogP contribution in [0.2, 0.25) is 5.02 Å². The van der Waals surface area contributed by atoms with E-state index in [-0.39, 0.29) is 11.9 Å². The molecule has 1 amide bonds. The van der Waals surface area contributed by atoms with Crippen LogP contribution in [-0.4, -0.2) is 17.4 Å². The van der Waals surface area contributed by atoms with Crippen LogP contribution < -0.4 is 0 Å². The van der Waals surface area contributed by atoms with Gasteiger partial charge in [-0.1, -0.05) is 23.7 Å². The topological polar surface area (TPSA) is 57.2 Å². The molecule has 3 rings (SSSR count). The number of nitrogens with zero attached hydrogens (tertiary/aromatic N) is 2. The van der Waals surface area contributed by atoms with Crippen LogP contribution in [0, 0.1) is 18.3 Å². The van der Waals surface area contributed by atoms with E-state index in [2.05, 4.69) is 6.07 Å². The number of halogens is 1. The van der Waals surface area contributed by atoms with E-state index in [4.69, 9.17) is 21.3 Å². The van der Waals surface area contributed by atoms with Crippen LogP contribution in [0.3, 0.4) is 0 Å². The Morgan fingerprint density at radius 3 is 2.58 bits per heavy atom. The Morgan fingerprint density at radius 1 is 1.27 bits per heavy atom. The SMILES string of the molecule is CCN(C(=O)c1oc2ccc(Cl)cc2c1C)C(C)c1ccc(C#N)cc1. The number of furan rings is 1. The highest BCUT2D eigenvalue weighted by Gasteiger charge is 2.26. The van der Waals surface area contributed by atoms with Crippen molar-refractivity contribution in [1.82, 2.24) is 4.90 Å². The highest BCUT2D eigenvalue weighted by atomic mass is 35.5. The lowest BCUT2D eigenvalue weighted by molar-refractivity contribution is 0.0671. The second kappa shape index (κ2) is 7.23. The monoisotopic (exact) mass is 366 g/mol. The molecule has 0 aliphatic rings. The first-order valence-corrected chi connectivity index (χ1v) is 8.83. The van der Waals surface area contributed by atoms with Crippen LogP contribution in [0.25, 0.3) is 11.0 Å². The third-order valence-corrected chi connectivity index (χ3v) is 4.92. The molecule has 1 aromatic heterocycles. The average Bonchev–Trinajstić information content (AvgIpc) is 2.98. The number of aryl methyl sites for hydroxylation is 1. The van der Waals surface area contributed by atoms with Gasteiger partial charge in [0.25, 0.3) is 5.91 Å². The molecule has 0 saturated carbocycles. The summed E-state index contributed by atoms with van der Waals surface area (Å²) >= 11 is 6.06. The smallest absolute Gasteiger partial charge is 0.290 e. The van der Waals surface area contributed by atoms with E-state index in [1.807, 2.05) is 39.0 Å². The summed E-state index contributed by atoms with van der Waals surface area (Å²) in [7, 11) is 0. The summed E-state index contributed by atoms with van der Waals surface area (Å²) in [4.78, 5) is 14.9. The minimum Gasteiger partial charge on any atom is -0.451 e. The van der Waals surface area contributed by atoms with E-state index >= 15 is 0 Å². The summed E-state index contributed by atoms with van der Waals surface area (Å²) in [5, 5.41) is 10.4. The lowest BCUT2D eigenvalue weighted by Gasteiger charge is -2.28. The van der Waals surface area contributed by atoms with Gasteiger partial charge in [-0.05, 0) is 56.7 Å². The highest BCUT2D eigenvalue weighted by Crippen LogP contribution is 2.30. The maximum absolute atomic E-state index is 13.1. The maximum atomic E-state index is 13.1. The standard InChI is InChI=1S/C21H19ClN2O2/c1-4-24(14(3)16-7-5-15(12-23)6-8-16)21(25)20-13(2)18-11-17(22)9-10-19(18)26-20/h5-11,14H,4H2,1-3H3. The third kappa shape index (κ3) is 3.18. The largest absolute Gasteiger partial charge is 0.451 e. The molecule has 0 bridgehead atoms. The molecule has 132 valence electrons. The molecule has 0 fully saturated rings. The molecule has 26 heavy (non-hydrogen) atoms. The fourth-order valence-electron chi connectivity index (χ4n) is 3.14. The van der Waals surface area contributed by atoms with Gasteiger partial charge in [0.15, 0.2) is 5.76 Å². The Morgan fingerprint density at radius 2 is 1.96 bits per heavy atom. The van der Waals surface area contributed by atoms with Crippen molar-refractivity contribution >= 4 is 28.5 Å². The van der Waals surface area contributed by atoms with E-state index in [0.717, 1.165) is 16.5 Å². The van der Waals surface area contributed by atoms with Gasteiger partial charge < -0.3 is 9.32 Å². The number of benzene rings is 2. The molecule has 4 nitrogen and oxygen atoms in total. The van der Waals surface area contributed by atoms with E-state index in [1.165, 1.54) is 0 Å². The molecule has 3 aromatic rings. The van der Waals surface area contributed by atoms with Crippen LogP contribution in [0.4, 0.5) is 0 Å². The summed E-state index contributed by atoms with van der Waals surface area (Å²) in [5.41, 5.74) is 3.01. The summed E-state index contributed by atoms with van der Waals surface area (Å²) in [5.74, 6) is 0.179. The number of hydrogen-bond donors (Lipinski definition) is 0. The molecule has 1 atom stereocenters. The minimum atomic E-state index is -0.158. The Hall–Kier alpha value is -2.77. The number of nitriles is 1. The Labute approximate surface area is 157 Å². The van der Waals surface area contributed by atoms with Gasteiger partial charge in [-0.2, -0.15) is 5.26 Å². The Balaban J connectivity index is 1.96. The number of amides is 1. The molecule has 0 N–H and O–H groups in total. The summed E-state index contributed by atoms with van der Waals surface area (Å²) in [6, 6.07) is 14.6. The zero-order valence-corrected chi connectivity index (χ0v) is 15.7. The van der Waals surface area contributed by atoms with Gasteiger partial charge in [0.1, 0.15) is 5.58 Å². The average molecular weight is 367 g/mol. The molecule has 1 heterocycles. The van der Waals surface area contributed by atoms with Crippen LogP contribution in [-0.2, 0) is 0 Å². The maximum Gasteiger partial charge on any atom is 0.290 e. The van der Waals surface area contributed by atoms with E-state index in [9.17, 15) is 4.79 Å². The number of fused-ring (bicyclic) bond motifs is 1. The molecule has 0 aliphatic carbocycles. The van der Waals surface area contributed by atoms with Crippen LogP contribution in [0.1, 0.15) is 47.1 Å². The Kier molecular flexibility index (Phi) is 5.01. The van der Waals surface area contributed by atoms with E-state index in [0.29, 0.717) is 28.5 Å². The van der Waals surface area contributed by atoms with E-state index in [1.54, 1.807) is 29.2 Å². The van der Waals surface area contributed by atoms with Gasteiger partial charge in [0.05, 0.1) is 17.7 Å². The van der Waals surface area contributed by atoms with Crippen molar-refractivity contribution in [1.29, 1.82) is 5.26 Å².